The highest BCUT2D eigenvalue weighted by Gasteiger charge is 2.25. The molecule has 160 valence electrons. The number of halogens is 1. The van der Waals surface area contributed by atoms with Gasteiger partial charge in [-0.25, -0.2) is 9.78 Å². The first-order chi connectivity index (χ1) is 14.1. The van der Waals surface area contributed by atoms with Gasteiger partial charge in [-0.2, -0.15) is 0 Å². The zero-order valence-electron chi connectivity index (χ0n) is 17.1. The van der Waals surface area contributed by atoms with E-state index in [1.165, 1.54) is 4.90 Å². The number of carbonyl (C=O) groups excluding carboxylic acids is 2. The van der Waals surface area contributed by atoms with Gasteiger partial charge in [-0.15, -0.1) is 0 Å². The van der Waals surface area contributed by atoms with Crippen LogP contribution in [-0.2, 0) is 0 Å². The fourth-order valence-corrected chi connectivity index (χ4v) is 3.55. The van der Waals surface area contributed by atoms with Crippen LogP contribution in [0.1, 0.15) is 42.4 Å². The third kappa shape index (κ3) is 5.40. The van der Waals surface area contributed by atoms with Crippen LogP contribution in [0, 0.1) is 0 Å². The average Bonchev–Trinajstić information content (AvgIpc) is 2.67. The van der Waals surface area contributed by atoms with Gasteiger partial charge in [0.2, 0.25) is 0 Å². The molecule has 0 fully saturated rings. The number of amides is 3. The van der Waals surface area contributed by atoms with Crippen molar-refractivity contribution in [3.8, 4) is 5.75 Å². The van der Waals surface area contributed by atoms with Crippen molar-refractivity contribution in [2.75, 3.05) is 25.5 Å². The summed E-state index contributed by atoms with van der Waals surface area (Å²) in [6.07, 6.45) is 0.606. The fourth-order valence-electron chi connectivity index (χ4n) is 3.32. The van der Waals surface area contributed by atoms with E-state index in [1.807, 2.05) is 12.1 Å². The molecule has 3 rings (SSSR count). The number of hydrogen-bond donors (Lipinski definition) is 3. The monoisotopic (exact) mass is 432 g/mol. The summed E-state index contributed by atoms with van der Waals surface area (Å²) in [5.74, 6) is 0.471. The Bertz CT molecular complexity index is 945. The standard InChI is InChI=1S/C21H25ClN4O4/c1-21(2,29)12-26(3)19(27)16-8-5-9-17(23-16)25-20(28)24-15-10-11-30-18-13(15)6-4-7-14(18)22/h4-9,15,29H,10-12H2,1-3H3,(H2,23,24,25,28)/t15-/m0/s1. The van der Waals surface area contributed by atoms with E-state index in [4.69, 9.17) is 16.3 Å². The lowest BCUT2D eigenvalue weighted by molar-refractivity contribution is 0.0365. The molecule has 0 aliphatic carbocycles. The van der Waals surface area contributed by atoms with Crippen molar-refractivity contribution < 1.29 is 19.4 Å². The van der Waals surface area contributed by atoms with Gasteiger partial charge >= 0.3 is 6.03 Å². The number of benzene rings is 1. The highest BCUT2D eigenvalue weighted by molar-refractivity contribution is 6.32. The Labute approximate surface area is 180 Å². The van der Waals surface area contributed by atoms with Crippen molar-refractivity contribution in [3.05, 3.63) is 52.7 Å². The Morgan fingerprint density at radius 1 is 1.30 bits per heavy atom. The molecule has 2 aromatic rings. The van der Waals surface area contributed by atoms with E-state index in [0.29, 0.717) is 23.8 Å². The number of ether oxygens (including phenoxy) is 1. The van der Waals surface area contributed by atoms with Crippen molar-refractivity contribution >= 4 is 29.4 Å². The van der Waals surface area contributed by atoms with E-state index in [-0.39, 0.29) is 30.0 Å². The topological polar surface area (TPSA) is 104 Å². The molecular weight excluding hydrogens is 408 g/mol. The van der Waals surface area contributed by atoms with Crippen LogP contribution in [-0.4, -0.2) is 52.7 Å². The Balaban J connectivity index is 1.67. The van der Waals surface area contributed by atoms with Crippen molar-refractivity contribution in [2.45, 2.75) is 31.9 Å². The number of urea groups is 1. The maximum Gasteiger partial charge on any atom is 0.320 e. The lowest BCUT2D eigenvalue weighted by Crippen LogP contribution is -2.40. The van der Waals surface area contributed by atoms with Gasteiger partial charge in [-0.1, -0.05) is 29.8 Å². The number of anilines is 1. The SMILES string of the molecule is CN(CC(C)(C)O)C(=O)c1cccc(NC(=O)N[C@H]2CCOc3c(Cl)cccc32)n1. The molecule has 1 aliphatic rings. The van der Waals surface area contributed by atoms with Crippen LogP contribution in [0.4, 0.5) is 10.6 Å². The van der Waals surface area contributed by atoms with Gasteiger partial charge in [-0.3, -0.25) is 10.1 Å². The number of nitrogens with zero attached hydrogens (tertiary/aromatic N) is 2. The van der Waals surface area contributed by atoms with E-state index in [9.17, 15) is 14.7 Å². The molecule has 0 spiro atoms. The number of likely N-dealkylation sites (N-methyl/N-ethyl adjacent to an activating group) is 1. The largest absolute Gasteiger partial charge is 0.492 e. The lowest BCUT2D eigenvalue weighted by atomic mass is 10.0. The maximum absolute atomic E-state index is 12.5. The molecule has 1 aliphatic heterocycles. The number of hydrogen-bond acceptors (Lipinski definition) is 5. The third-order valence-electron chi connectivity index (χ3n) is 4.51. The summed E-state index contributed by atoms with van der Waals surface area (Å²) < 4.78 is 5.61. The summed E-state index contributed by atoms with van der Waals surface area (Å²) in [7, 11) is 1.59. The van der Waals surface area contributed by atoms with Gasteiger partial charge in [0.25, 0.3) is 5.91 Å². The number of nitrogens with one attached hydrogen (secondary N) is 2. The average molecular weight is 433 g/mol. The zero-order chi connectivity index (χ0) is 21.9. The number of rotatable bonds is 5. The molecule has 8 nitrogen and oxygen atoms in total. The summed E-state index contributed by atoms with van der Waals surface area (Å²) >= 11 is 6.17. The van der Waals surface area contributed by atoms with Crippen LogP contribution in [0.5, 0.6) is 5.75 Å². The quantitative estimate of drug-likeness (QED) is 0.673. The second-order valence-electron chi connectivity index (χ2n) is 7.83. The highest BCUT2D eigenvalue weighted by atomic mass is 35.5. The fraction of sp³-hybridized carbons (Fsp3) is 0.381. The van der Waals surface area contributed by atoms with Crippen LogP contribution in [0.2, 0.25) is 5.02 Å². The van der Waals surface area contributed by atoms with Crippen molar-refractivity contribution in [2.24, 2.45) is 0 Å². The molecule has 0 saturated heterocycles. The van der Waals surface area contributed by atoms with Crippen molar-refractivity contribution in [1.29, 1.82) is 0 Å². The van der Waals surface area contributed by atoms with Gasteiger partial charge in [0, 0.05) is 25.6 Å². The second kappa shape index (κ2) is 8.89. The van der Waals surface area contributed by atoms with Crippen LogP contribution >= 0.6 is 11.6 Å². The minimum Gasteiger partial charge on any atom is -0.492 e. The van der Waals surface area contributed by atoms with Crippen LogP contribution < -0.4 is 15.4 Å². The number of aliphatic hydroxyl groups is 1. The van der Waals surface area contributed by atoms with Gasteiger partial charge < -0.3 is 20.1 Å². The highest BCUT2D eigenvalue weighted by Crippen LogP contribution is 2.37. The van der Waals surface area contributed by atoms with Crippen LogP contribution in [0.3, 0.4) is 0 Å². The summed E-state index contributed by atoms with van der Waals surface area (Å²) in [5, 5.41) is 16.0. The summed E-state index contributed by atoms with van der Waals surface area (Å²) in [6.45, 7) is 3.83. The first-order valence-corrected chi connectivity index (χ1v) is 9.95. The molecule has 30 heavy (non-hydrogen) atoms. The molecule has 0 radical (unpaired) electrons. The number of aromatic nitrogens is 1. The first kappa shape index (κ1) is 21.9. The lowest BCUT2D eigenvalue weighted by Gasteiger charge is -2.27. The van der Waals surface area contributed by atoms with E-state index < -0.39 is 11.6 Å². The Hall–Kier alpha value is -2.84. The molecule has 0 unspecified atom stereocenters. The number of carbonyl (C=O) groups is 2. The van der Waals surface area contributed by atoms with E-state index >= 15 is 0 Å². The molecule has 1 aromatic heterocycles. The normalized spacial score (nSPS) is 15.6. The predicted octanol–water partition coefficient (Wildman–Crippen LogP) is 3.22. The molecule has 0 saturated carbocycles. The Morgan fingerprint density at radius 2 is 2.03 bits per heavy atom. The molecule has 3 N–H and O–H groups in total. The van der Waals surface area contributed by atoms with Gasteiger partial charge in [0.15, 0.2) is 0 Å². The van der Waals surface area contributed by atoms with Gasteiger partial charge in [0.05, 0.1) is 23.3 Å². The number of fused-ring (bicyclic) bond motifs is 1. The third-order valence-corrected chi connectivity index (χ3v) is 4.81. The summed E-state index contributed by atoms with van der Waals surface area (Å²) in [6, 6.07) is 9.50. The first-order valence-electron chi connectivity index (χ1n) is 9.58. The minimum absolute atomic E-state index is 0.150. The molecule has 1 aromatic carbocycles. The van der Waals surface area contributed by atoms with E-state index in [2.05, 4.69) is 15.6 Å². The zero-order valence-corrected chi connectivity index (χ0v) is 17.9. The van der Waals surface area contributed by atoms with Crippen LogP contribution in [0.25, 0.3) is 0 Å². The van der Waals surface area contributed by atoms with Gasteiger partial charge in [-0.05, 0) is 32.0 Å². The van der Waals surface area contributed by atoms with E-state index in [0.717, 1.165) is 5.56 Å². The molecule has 1 atom stereocenters. The summed E-state index contributed by atoms with van der Waals surface area (Å²) in [4.78, 5) is 30.7. The summed E-state index contributed by atoms with van der Waals surface area (Å²) in [5.41, 5.74) is -0.0416. The maximum atomic E-state index is 12.5. The molecular formula is C21H25ClN4O4. The van der Waals surface area contributed by atoms with Crippen LogP contribution in [0.15, 0.2) is 36.4 Å². The molecule has 0 bridgehead atoms. The van der Waals surface area contributed by atoms with Gasteiger partial charge in [0.1, 0.15) is 17.3 Å². The van der Waals surface area contributed by atoms with E-state index in [1.54, 1.807) is 45.2 Å². The molecule has 9 heteroatoms. The minimum atomic E-state index is -1.02. The number of para-hydroxylation sites is 1. The predicted molar refractivity (Wildman–Crippen MR) is 114 cm³/mol. The number of pyridine rings is 1. The smallest absolute Gasteiger partial charge is 0.320 e. The molecule has 2 heterocycles. The Kier molecular flexibility index (Phi) is 6.48. The molecule has 3 amide bonds. The van der Waals surface area contributed by atoms with Crippen molar-refractivity contribution in [1.82, 2.24) is 15.2 Å². The Morgan fingerprint density at radius 3 is 2.77 bits per heavy atom. The van der Waals surface area contributed by atoms with Crippen molar-refractivity contribution in [3.63, 3.8) is 0 Å². The second-order valence-corrected chi connectivity index (χ2v) is 8.24.